The van der Waals surface area contributed by atoms with Crippen LogP contribution in [-0.4, -0.2) is 38.8 Å². The molecule has 7 nitrogen and oxygen atoms in total. The van der Waals surface area contributed by atoms with Gasteiger partial charge in [-0.3, -0.25) is 4.79 Å². The second-order valence-corrected chi connectivity index (χ2v) is 6.37. The number of benzene rings is 1. The molecule has 0 radical (unpaired) electrons. The molecule has 1 amide bonds. The van der Waals surface area contributed by atoms with Crippen molar-refractivity contribution in [2.24, 2.45) is 5.92 Å². The fourth-order valence-electron chi connectivity index (χ4n) is 2.42. The number of hydrogen-bond acceptors (Lipinski definition) is 5. The van der Waals surface area contributed by atoms with Gasteiger partial charge in [0.2, 0.25) is 0 Å². The van der Waals surface area contributed by atoms with E-state index in [1.807, 2.05) is 12.1 Å². The Morgan fingerprint density at radius 1 is 1.19 bits per heavy atom. The van der Waals surface area contributed by atoms with E-state index < -0.39 is 11.7 Å². The highest BCUT2D eigenvalue weighted by atomic mass is 19.1. The molecule has 0 aliphatic carbocycles. The minimum Gasteiger partial charge on any atom is -0.368 e. The molecular formula is C18H21FN6O. The summed E-state index contributed by atoms with van der Waals surface area (Å²) in [4.78, 5) is 12.0. The second-order valence-electron chi connectivity index (χ2n) is 6.37. The highest BCUT2D eigenvalue weighted by molar-refractivity contribution is 5.94. The van der Waals surface area contributed by atoms with Crippen molar-refractivity contribution in [3.8, 4) is 0 Å². The molecule has 136 valence electrons. The molecule has 3 rings (SSSR count). The molecule has 0 aliphatic heterocycles. The summed E-state index contributed by atoms with van der Waals surface area (Å²) in [6.07, 6.45) is 0.433. The van der Waals surface area contributed by atoms with Gasteiger partial charge >= 0.3 is 0 Å². The molecule has 0 spiro atoms. The minimum atomic E-state index is -0.541. The normalized spacial score (nSPS) is 11.1. The summed E-state index contributed by atoms with van der Waals surface area (Å²) in [5.74, 6) is 0.871. The number of halogens is 1. The van der Waals surface area contributed by atoms with Crippen molar-refractivity contribution in [2.75, 3.05) is 18.4 Å². The van der Waals surface area contributed by atoms with Crippen LogP contribution in [0.25, 0.3) is 5.65 Å². The van der Waals surface area contributed by atoms with Gasteiger partial charge in [0.15, 0.2) is 11.5 Å². The fourth-order valence-corrected chi connectivity index (χ4v) is 2.42. The molecule has 0 bridgehead atoms. The number of anilines is 1. The third-order valence-corrected chi connectivity index (χ3v) is 3.77. The largest absolute Gasteiger partial charge is 0.368 e. The predicted molar refractivity (Wildman–Crippen MR) is 96.5 cm³/mol. The maximum atomic E-state index is 13.6. The zero-order valence-electron chi connectivity index (χ0n) is 14.7. The Morgan fingerprint density at radius 2 is 2.00 bits per heavy atom. The zero-order chi connectivity index (χ0) is 18.5. The number of nitrogens with one attached hydrogen (secondary N) is 2. The Hall–Kier alpha value is -3.03. The van der Waals surface area contributed by atoms with E-state index in [-0.39, 0.29) is 5.56 Å². The number of nitrogens with zero attached hydrogens (tertiary/aromatic N) is 4. The fraction of sp³-hybridized carbons (Fsp3) is 0.333. The molecule has 0 saturated heterocycles. The van der Waals surface area contributed by atoms with Gasteiger partial charge in [0.05, 0.1) is 5.56 Å². The monoisotopic (exact) mass is 356 g/mol. The molecule has 0 fully saturated rings. The van der Waals surface area contributed by atoms with Crippen LogP contribution >= 0.6 is 0 Å². The van der Waals surface area contributed by atoms with Crippen LogP contribution in [-0.2, 0) is 6.42 Å². The molecule has 8 heteroatoms. The molecule has 1 aromatic carbocycles. The Bertz CT molecular complexity index is 908. The standard InChI is InChI=1S/C18H21FN6O/c1-12(2)11-21-15-7-8-16-22-23-17(25(16)24-15)9-10-20-18(26)13-5-3-4-6-14(13)19/h3-8,12H,9-11H2,1-2H3,(H,20,26)(H,21,24). The van der Waals surface area contributed by atoms with Crippen molar-refractivity contribution in [1.82, 2.24) is 25.1 Å². The van der Waals surface area contributed by atoms with Crippen LogP contribution in [0.3, 0.4) is 0 Å². The number of carbonyl (C=O) groups is 1. The van der Waals surface area contributed by atoms with Gasteiger partial charge < -0.3 is 10.6 Å². The molecule has 2 heterocycles. The van der Waals surface area contributed by atoms with E-state index in [9.17, 15) is 9.18 Å². The SMILES string of the molecule is CC(C)CNc1ccc2nnc(CCNC(=O)c3ccccc3F)n2n1. The van der Waals surface area contributed by atoms with Crippen molar-refractivity contribution in [3.05, 3.63) is 53.6 Å². The number of amides is 1. The van der Waals surface area contributed by atoms with Gasteiger partial charge in [0, 0.05) is 19.5 Å². The first-order valence-electron chi connectivity index (χ1n) is 8.52. The average Bonchev–Trinajstić information content (AvgIpc) is 3.02. The molecule has 0 unspecified atom stereocenters. The van der Waals surface area contributed by atoms with Gasteiger partial charge in [-0.1, -0.05) is 26.0 Å². The second kappa shape index (κ2) is 7.90. The number of carbonyl (C=O) groups excluding carboxylic acids is 1. The van der Waals surface area contributed by atoms with Crippen LogP contribution in [0, 0.1) is 11.7 Å². The Balaban J connectivity index is 1.64. The first-order valence-corrected chi connectivity index (χ1v) is 8.52. The van der Waals surface area contributed by atoms with Crippen molar-refractivity contribution < 1.29 is 9.18 Å². The van der Waals surface area contributed by atoms with Crippen LogP contribution in [0.5, 0.6) is 0 Å². The number of hydrogen-bond donors (Lipinski definition) is 2. The summed E-state index contributed by atoms with van der Waals surface area (Å²) in [6, 6.07) is 9.58. The third kappa shape index (κ3) is 4.14. The number of rotatable bonds is 7. The van der Waals surface area contributed by atoms with Crippen molar-refractivity contribution in [3.63, 3.8) is 0 Å². The summed E-state index contributed by atoms with van der Waals surface area (Å²) < 4.78 is 15.3. The molecule has 2 aromatic heterocycles. The Labute approximate surface area is 150 Å². The topological polar surface area (TPSA) is 84.2 Å². The highest BCUT2D eigenvalue weighted by Crippen LogP contribution is 2.09. The molecular weight excluding hydrogens is 335 g/mol. The van der Waals surface area contributed by atoms with E-state index in [1.165, 1.54) is 12.1 Å². The summed E-state index contributed by atoms with van der Waals surface area (Å²) in [7, 11) is 0. The maximum Gasteiger partial charge on any atom is 0.254 e. The lowest BCUT2D eigenvalue weighted by Crippen LogP contribution is -2.27. The lowest BCUT2D eigenvalue weighted by atomic mass is 10.2. The van der Waals surface area contributed by atoms with Crippen molar-refractivity contribution in [2.45, 2.75) is 20.3 Å². The maximum absolute atomic E-state index is 13.6. The molecule has 0 saturated carbocycles. The van der Waals surface area contributed by atoms with E-state index in [0.29, 0.717) is 30.4 Å². The third-order valence-electron chi connectivity index (χ3n) is 3.77. The smallest absolute Gasteiger partial charge is 0.254 e. The minimum absolute atomic E-state index is 0.0249. The van der Waals surface area contributed by atoms with Crippen LogP contribution in [0.2, 0.25) is 0 Å². The summed E-state index contributed by atoms with van der Waals surface area (Å²) in [6.45, 7) is 5.36. The van der Waals surface area contributed by atoms with E-state index >= 15 is 0 Å². The molecule has 0 aliphatic rings. The molecule has 26 heavy (non-hydrogen) atoms. The van der Waals surface area contributed by atoms with Gasteiger partial charge in [0.25, 0.3) is 5.91 Å². The molecule has 2 N–H and O–H groups in total. The first kappa shape index (κ1) is 17.8. The van der Waals surface area contributed by atoms with E-state index in [0.717, 1.165) is 12.4 Å². The molecule has 0 atom stereocenters. The van der Waals surface area contributed by atoms with E-state index in [4.69, 9.17) is 0 Å². The van der Waals surface area contributed by atoms with Gasteiger partial charge in [-0.2, -0.15) is 4.52 Å². The summed E-state index contributed by atoms with van der Waals surface area (Å²) in [5, 5.41) is 18.6. The van der Waals surface area contributed by atoms with Crippen LogP contribution < -0.4 is 10.6 Å². The number of aromatic nitrogens is 4. The van der Waals surface area contributed by atoms with E-state index in [2.05, 4.69) is 39.8 Å². The predicted octanol–water partition coefficient (Wildman–Crippen LogP) is 2.30. The average molecular weight is 356 g/mol. The lowest BCUT2D eigenvalue weighted by molar-refractivity contribution is 0.0950. The van der Waals surface area contributed by atoms with Gasteiger partial charge in [-0.15, -0.1) is 15.3 Å². The van der Waals surface area contributed by atoms with Gasteiger partial charge in [-0.05, 0) is 30.2 Å². The van der Waals surface area contributed by atoms with Crippen molar-refractivity contribution in [1.29, 1.82) is 0 Å². The van der Waals surface area contributed by atoms with Crippen LogP contribution in [0.4, 0.5) is 10.2 Å². The quantitative estimate of drug-likeness (QED) is 0.679. The zero-order valence-corrected chi connectivity index (χ0v) is 14.7. The van der Waals surface area contributed by atoms with Gasteiger partial charge in [-0.25, -0.2) is 4.39 Å². The van der Waals surface area contributed by atoms with Gasteiger partial charge in [0.1, 0.15) is 11.6 Å². The van der Waals surface area contributed by atoms with E-state index in [1.54, 1.807) is 16.6 Å². The molecule has 3 aromatic rings. The first-order chi connectivity index (χ1) is 12.5. The van der Waals surface area contributed by atoms with Crippen LogP contribution in [0.1, 0.15) is 30.0 Å². The lowest BCUT2D eigenvalue weighted by Gasteiger charge is -2.08. The van der Waals surface area contributed by atoms with Crippen LogP contribution in [0.15, 0.2) is 36.4 Å². The number of fused-ring (bicyclic) bond motifs is 1. The Morgan fingerprint density at radius 3 is 2.77 bits per heavy atom. The van der Waals surface area contributed by atoms with Crippen molar-refractivity contribution >= 4 is 17.4 Å². The highest BCUT2D eigenvalue weighted by Gasteiger charge is 2.12. The Kier molecular flexibility index (Phi) is 5.40. The summed E-state index contributed by atoms with van der Waals surface area (Å²) >= 11 is 0. The summed E-state index contributed by atoms with van der Waals surface area (Å²) in [5.41, 5.74) is 0.660.